The maximum atomic E-state index is 11.0. The first-order chi connectivity index (χ1) is 8.90. The first kappa shape index (κ1) is 12.4. The van der Waals surface area contributed by atoms with Crippen molar-refractivity contribution in [3.8, 4) is 0 Å². The predicted molar refractivity (Wildman–Crippen MR) is 60.4 cm³/mol. The molecular weight excluding hydrogens is 256 g/mol. The molecule has 1 aromatic carbocycles. The Morgan fingerprint density at radius 2 is 1.63 bits per heavy atom. The van der Waals surface area contributed by atoms with Gasteiger partial charge >= 0.3 is 17.9 Å². The van der Waals surface area contributed by atoms with Crippen LogP contribution >= 0.6 is 0 Å². The zero-order chi connectivity index (χ0) is 14.2. The predicted octanol–water partition coefficient (Wildman–Crippen LogP) is 0.724. The van der Waals surface area contributed by atoms with Crippen molar-refractivity contribution >= 4 is 28.8 Å². The maximum absolute atomic E-state index is 11.0. The lowest BCUT2D eigenvalue weighted by Crippen LogP contribution is -2.08. The molecule has 0 aliphatic carbocycles. The molecule has 0 radical (unpaired) electrons. The number of hydrogen-bond acceptors (Lipinski definition) is 5. The van der Waals surface area contributed by atoms with Crippen LogP contribution in [0.2, 0.25) is 0 Å². The maximum Gasteiger partial charge on any atom is 0.373 e. The second kappa shape index (κ2) is 4.33. The van der Waals surface area contributed by atoms with Gasteiger partial charge in [-0.3, -0.25) is 0 Å². The molecule has 19 heavy (non-hydrogen) atoms. The number of hydrogen-bond donors (Lipinski definition) is 3. The van der Waals surface area contributed by atoms with Crippen LogP contribution in [0.4, 0.5) is 0 Å². The highest BCUT2D eigenvalue weighted by atomic mass is 16.4. The van der Waals surface area contributed by atoms with Crippen molar-refractivity contribution in [2.75, 3.05) is 0 Å². The summed E-state index contributed by atoms with van der Waals surface area (Å²) in [6, 6.07) is 2.06. The summed E-state index contributed by atoms with van der Waals surface area (Å²) < 4.78 is 0. The van der Waals surface area contributed by atoms with E-state index in [1.807, 2.05) is 0 Å². The number of fused-ring (bicyclic) bond motifs is 1. The van der Waals surface area contributed by atoms with Crippen LogP contribution < -0.4 is 0 Å². The lowest BCUT2D eigenvalue weighted by Gasteiger charge is -2.04. The van der Waals surface area contributed by atoms with Gasteiger partial charge in [-0.15, -0.1) is 0 Å². The first-order valence-electron chi connectivity index (χ1n) is 4.91. The van der Waals surface area contributed by atoms with E-state index in [1.165, 1.54) is 0 Å². The van der Waals surface area contributed by atoms with E-state index in [-0.39, 0.29) is 22.0 Å². The molecule has 8 nitrogen and oxygen atoms in total. The molecule has 0 saturated heterocycles. The lowest BCUT2D eigenvalue weighted by molar-refractivity contribution is 0.0676. The molecule has 3 N–H and O–H groups in total. The van der Waals surface area contributed by atoms with E-state index >= 15 is 0 Å². The number of benzene rings is 1. The third-order valence-corrected chi connectivity index (χ3v) is 2.37. The molecular formula is C11H6N2O6. The van der Waals surface area contributed by atoms with Crippen molar-refractivity contribution in [2.45, 2.75) is 0 Å². The summed E-state index contributed by atoms with van der Waals surface area (Å²) in [6.07, 6.45) is 1.04. The van der Waals surface area contributed by atoms with E-state index in [0.717, 1.165) is 18.3 Å². The van der Waals surface area contributed by atoms with E-state index in [4.69, 9.17) is 15.3 Å². The summed E-state index contributed by atoms with van der Waals surface area (Å²) >= 11 is 0. The Hall–Kier alpha value is -3.03. The van der Waals surface area contributed by atoms with Crippen LogP contribution in [0.1, 0.15) is 31.3 Å². The summed E-state index contributed by atoms with van der Waals surface area (Å²) in [5.74, 6) is -4.61. The highest BCUT2D eigenvalue weighted by molar-refractivity contribution is 6.06. The standard InChI is InChI=1S/C11H6N2O6/c14-9(15)4-1-5(10(16)17)6-3-12-8(11(18)19)13-7(6)2-4/h1-3H,(H,14,15)(H,16,17)(H,18,19). The van der Waals surface area contributed by atoms with Crippen LogP contribution in [0.5, 0.6) is 0 Å². The van der Waals surface area contributed by atoms with Gasteiger partial charge < -0.3 is 15.3 Å². The van der Waals surface area contributed by atoms with Crippen molar-refractivity contribution in [1.82, 2.24) is 9.97 Å². The minimum absolute atomic E-state index is 0.0512. The fourth-order valence-corrected chi connectivity index (χ4v) is 1.54. The van der Waals surface area contributed by atoms with Crippen molar-refractivity contribution in [3.63, 3.8) is 0 Å². The monoisotopic (exact) mass is 262 g/mol. The smallest absolute Gasteiger partial charge is 0.373 e. The Balaban J connectivity index is 2.83. The minimum atomic E-state index is -1.39. The van der Waals surface area contributed by atoms with Crippen LogP contribution in [0.3, 0.4) is 0 Å². The van der Waals surface area contributed by atoms with E-state index < -0.39 is 23.7 Å². The number of nitrogens with zero attached hydrogens (tertiary/aromatic N) is 2. The average Bonchev–Trinajstić information content (AvgIpc) is 2.36. The highest BCUT2D eigenvalue weighted by Gasteiger charge is 2.17. The van der Waals surface area contributed by atoms with Gasteiger partial charge in [0.2, 0.25) is 5.82 Å². The molecule has 0 spiro atoms. The van der Waals surface area contributed by atoms with Crippen LogP contribution in [-0.4, -0.2) is 43.2 Å². The third kappa shape index (κ3) is 2.18. The van der Waals surface area contributed by atoms with Gasteiger partial charge in [0.05, 0.1) is 16.6 Å². The van der Waals surface area contributed by atoms with Crippen LogP contribution in [0, 0.1) is 0 Å². The number of carboxylic acid groups (broad SMARTS) is 3. The molecule has 0 bridgehead atoms. The molecule has 8 heteroatoms. The number of aromatic carboxylic acids is 3. The normalized spacial score (nSPS) is 10.3. The Labute approximate surface area is 105 Å². The number of rotatable bonds is 3. The van der Waals surface area contributed by atoms with Gasteiger partial charge in [0.25, 0.3) is 0 Å². The number of aromatic nitrogens is 2. The van der Waals surface area contributed by atoms with Crippen molar-refractivity contribution < 1.29 is 29.7 Å². The lowest BCUT2D eigenvalue weighted by atomic mass is 10.1. The Kier molecular flexibility index (Phi) is 2.83. The second-order valence-electron chi connectivity index (χ2n) is 3.57. The molecule has 2 rings (SSSR count). The Morgan fingerprint density at radius 3 is 2.16 bits per heavy atom. The van der Waals surface area contributed by atoms with E-state index in [9.17, 15) is 14.4 Å². The van der Waals surface area contributed by atoms with Gasteiger partial charge in [-0.1, -0.05) is 0 Å². The third-order valence-electron chi connectivity index (χ3n) is 2.37. The van der Waals surface area contributed by atoms with Gasteiger partial charge in [-0.25, -0.2) is 24.4 Å². The summed E-state index contributed by atoms with van der Waals surface area (Å²) in [7, 11) is 0. The summed E-state index contributed by atoms with van der Waals surface area (Å²) in [5.41, 5.74) is -0.642. The number of carbonyl (C=O) groups is 3. The molecule has 1 heterocycles. The van der Waals surface area contributed by atoms with Crippen LogP contribution in [-0.2, 0) is 0 Å². The molecule has 0 aliphatic rings. The summed E-state index contributed by atoms with van der Waals surface area (Å²) in [5, 5.41) is 26.7. The van der Waals surface area contributed by atoms with Gasteiger partial charge in [0.1, 0.15) is 0 Å². The largest absolute Gasteiger partial charge is 0.478 e. The molecule has 0 aliphatic heterocycles. The molecule has 0 saturated carbocycles. The van der Waals surface area contributed by atoms with Gasteiger partial charge in [0, 0.05) is 11.6 Å². The van der Waals surface area contributed by atoms with Gasteiger partial charge in [-0.05, 0) is 12.1 Å². The summed E-state index contributed by atoms with van der Waals surface area (Å²) in [4.78, 5) is 39.8. The minimum Gasteiger partial charge on any atom is -0.478 e. The van der Waals surface area contributed by atoms with Gasteiger partial charge in [0.15, 0.2) is 0 Å². The topological polar surface area (TPSA) is 138 Å². The number of carboxylic acids is 3. The van der Waals surface area contributed by atoms with Crippen molar-refractivity contribution in [1.29, 1.82) is 0 Å². The molecule has 96 valence electrons. The van der Waals surface area contributed by atoms with Crippen molar-refractivity contribution in [2.24, 2.45) is 0 Å². The fourth-order valence-electron chi connectivity index (χ4n) is 1.54. The van der Waals surface area contributed by atoms with Gasteiger partial charge in [-0.2, -0.15) is 0 Å². The Bertz CT molecular complexity index is 719. The van der Waals surface area contributed by atoms with E-state index in [1.54, 1.807) is 0 Å². The first-order valence-corrected chi connectivity index (χ1v) is 4.91. The molecule has 1 aromatic heterocycles. The van der Waals surface area contributed by atoms with E-state index in [2.05, 4.69) is 9.97 Å². The molecule has 2 aromatic rings. The zero-order valence-corrected chi connectivity index (χ0v) is 9.19. The quantitative estimate of drug-likeness (QED) is 0.735. The molecule has 0 amide bonds. The van der Waals surface area contributed by atoms with Crippen LogP contribution in [0.25, 0.3) is 10.9 Å². The Morgan fingerprint density at radius 1 is 0.947 bits per heavy atom. The second-order valence-corrected chi connectivity index (χ2v) is 3.57. The molecule has 0 unspecified atom stereocenters. The van der Waals surface area contributed by atoms with Crippen LogP contribution in [0.15, 0.2) is 18.3 Å². The highest BCUT2D eigenvalue weighted by Crippen LogP contribution is 2.19. The zero-order valence-electron chi connectivity index (χ0n) is 9.19. The van der Waals surface area contributed by atoms with E-state index in [0.29, 0.717) is 0 Å². The molecule has 0 fully saturated rings. The summed E-state index contributed by atoms with van der Waals surface area (Å²) in [6.45, 7) is 0. The molecule has 0 atom stereocenters. The SMILES string of the molecule is O=C(O)c1cc(C(=O)O)c2cnc(C(=O)O)nc2c1. The van der Waals surface area contributed by atoms with Crippen molar-refractivity contribution in [3.05, 3.63) is 35.3 Å². The average molecular weight is 262 g/mol. The fraction of sp³-hybridized carbons (Fsp3) is 0.